The number of urea groups is 1. The average Bonchev–Trinajstić information content (AvgIpc) is 2.39. The molecule has 1 aromatic carbocycles. The summed E-state index contributed by atoms with van der Waals surface area (Å²) in [4.78, 5) is 23.9. The molecule has 116 valence electrons. The number of carbonyl (C=O) groups excluding carboxylic acids is 1. The molecule has 0 aliphatic rings. The van der Waals surface area contributed by atoms with Crippen molar-refractivity contribution in [1.82, 2.24) is 4.90 Å². The van der Waals surface area contributed by atoms with E-state index in [1.807, 2.05) is 0 Å². The second-order valence-electron chi connectivity index (χ2n) is 4.45. The fourth-order valence-corrected chi connectivity index (χ4v) is 2.01. The Labute approximate surface area is 129 Å². The number of nitrogens with one attached hydrogen (secondary N) is 1. The van der Waals surface area contributed by atoms with Crippen LogP contribution in [0.4, 0.5) is 19.3 Å². The Hall–Kier alpha value is -1.70. The van der Waals surface area contributed by atoms with Crippen molar-refractivity contribution in [3.8, 4) is 0 Å². The summed E-state index contributed by atoms with van der Waals surface area (Å²) in [5, 5.41) is 11.0. The lowest BCUT2D eigenvalue weighted by atomic mass is 10.2. The van der Waals surface area contributed by atoms with Crippen molar-refractivity contribution in [1.29, 1.82) is 0 Å². The van der Waals surface area contributed by atoms with Crippen LogP contribution in [-0.4, -0.2) is 35.1 Å². The van der Waals surface area contributed by atoms with Gasteiger partial charge in [0.2, 0.25) is 0 Å². The number of carboxylic acids is 1. The molecule has 5 nitrogen and oxygen atoms in total. The van der Waals surface area contributed by atoms with Crippen molar-refractivity contribution in [2.24, 2.45) is 5.92 Å². The molecule has 0 aliphatic carbocycles. The van der Waals surface area contributed by atoms with Gasteiger partial charge in [-0.1, -0.05) is 22.9 Å². The van der Waals surface area contributed by atoms with E-state index >= 15 is 0 Å². The number of aliphatic carboxylic acids is 1. The van der Waals surface area contributed by atoms with Crippen LogP contribution in [0.25, 0.3) is 0 Å². The third-order valence-electron chi connectivity index (χ3n) is 2.82. The Balaban J connectivity index is 2.86. The molecule has 21 heavy (non-hydrogen) atoms. The number of hydrogen-bond acceptors (Lipinski definition) is 2. The Kier molecular flexibility index (Phi) is 6.07. The SMILES string of the molecule is CCN(CC(C)C(=O)O)C(=O)Nc1c(F)cc(Br)cc1F. The average molecular weight is 365 g/mol. The van der Waals surface area contributed by atoms with Gasteiger partial charge in [0, 0.05) is 17.6 Å². The van der Waals surface area contributed by atoms with Gasteiger partial charge in [0.15, 0.2) is 11.6 Å². The van der Waals surface area contributed by atoms with Crippen LogP contribution in [0.5, 0.6) is 0 Å². The number of carbonyl (C=O) groups is 2. The Bertz CT molecular complexity index is 531. The van der Waals surface area contributed by atoms with E-state index in [0.717, 1.165) is 12.1 Å². The van der Waals surface area contributed by atoms with Crippen LogP contribution in [0.2, 0.25) is 0 Å². The molecule has 2 amide bonds. The van der Waals surface area contributed by atoms with Crippen molar-refractivity contribution in [2.45, 2.75) is 13.8 Å². The monoisotopic (exact) mass is 364 g/mol. The molecule has 0 heterocycles. The van der Waals surface area contributed by atoms with Gasteiger partial charge in [-0.05, 0) is 19.1 Å². The summed E-state index contributed by atoms with van der Waals surface area (Å²) in [7, 11) is 0. The lowest BCUT2D eigenvalue weighted by Gasteiger charge is -2.23. The summed E-state index contributed by atoms with van der Waals surface area (Å²) in [5.41, 5.74) is -0.565. The first-order valence-corrected chi connectivity index (χ1v) is 6.98. The van der Waals surface area contributed by atoms with Gasteiger partial charge < -0.3 is 15.3 Å². The summed E-state index contributed by atoms with van der Waals surface area (Å²) in [6.45, 7) is 3.24. The predicted octanol–water partition coefficient (Wildman–Crippen LogP) is 3.30. The number of hydrogen-bond donors (Lipinski definition) is 2. The molecule has 0 aliphatic heterocycles. The van der Waals surface area contributed by atoms with E-state index in [1.54, 1.807) is 6.92 Å². The molecule has 0 fully saturated rings. The van der Waals surface area contributed by atoms with Crippen LogP contribution in [0.1, 0.15) is 13.8 Å². The van der Waals surface area contributed by atoms with Gasteiger partial charge in [-0.2, -0.15) is 0 Å². The molecule has 8 heteroatoms. The van der Waals surface area contributed by atoms with Gasteiger partial charge in [0.25, 0.3) is 0 Å². The molecule has 1 aromatic rings. The van der Waals surface area contributed by atoms with Gasteiger partial charge in [-0.3, -0.25) is 4.79 Å². The van der Waals surface area contributed by atoms with E-state index in [1.165, 1.54) is 11.8 Å². The van der Waals surface area contributed by atoms with Crippen molar-refractivity contribution in [3.05, 3.63) is 28.2 Å². The molecule has 1 unspecified atom stereocenters. The lowest BCUT2D eigenvalue weighted by molar-refractivity contribution is -0.141. The minimum absolute atomic E-state index is 0.0581. The number of nitrogens with zero attached hydrogens (tertiary/aromatic N) is 1. The molecule has 0 saturated heterocycles. The van der Waals surface area contributed by atoms with Crippen molar-refractivity contribution in [2.75, 3.05) is 18.4 Å². The van der Waals surface area contributed by atoms with E-state index < -0.39 is 35.2 Å². The maximum atomic E-state index is 13.6. The number of carboxylic acid groups (broad SMARTS) is 1. The second kappa shape index (κ2) is 7.35. The number of benzene rings is 1. The Morgan fingerprint density at radius 1 is 1.38 bits per heavy atom. The van der Waals surface area contributed by atoms with Gasteiger partial charge >= 0.3 is 12.0 Å². The van der Waals surface area contributed by atoms with Gasteiger partial charge in [0.05, 0.1) is 5.92 Å². The minimum atomic E-state index is -1.05. The molecule has 0 spiro atoms. The normalized spacial score (nSPS) is 11.9. The Morgan fingerprint density at radius 3 is 2.33 bits per heavy atom. The van der Waals surface area contributed by atoms with Crippen LogP contribution in [-0.2, 0) is 4.79 Å². The van der Waals surface area contributed by atoms with Crippen molar-refractivity contribution in [3.63, 3.8) is 0 Å². The summed E-state index contributed by atoms with van der Waals surface area (Å²) < 4.78 is 27.5. The van der Waals surface area contributed by atoms with Crippen LogP contribution in [0, 0.1) is 17.6 Å². The maximum absolute atomic E-state index is 13.6. The molecular weight excluding hydrogens is 350 g/mol. The van der Waals surface area contributed by atoms with E-state index in [2.05, 4.69) is 21.2 Å². The lowest BCUT2D eigenvalue weighted by Crippen LogP contribution is -2.39. The third kappa shape index (κ3) is 4.66. The summed E-state index contributed by atoms with van der Waals surface area (Å²) >= 11 is 2.94. The highest BCUT2D eigenvalue weighted by Crippen LogP contribution is 2.24. The summed E-state index contributed by atoms with van der Waals surface area (Å²) in [5.74, 6) is -3.67. The first kappa shape index (κ1) is 17.4. The smallest absolute Gasteiger partial charge is 0.322 e. The minimum Gasteiger partial charge on any atom is -0.481 e. The fraction of sp³-hybridized carbons (Fsp3) is 0.385. The molecule has 0 bridgehead atoms. The maximum Gasteiger partial charge on any atom is 0.322 e. The zero-order valence-electron chi connectivity index (χ0n) is 11.5. The topological polar surface area (TPSA) is 69.6 Å². The second-order valence-corrected chi connectivity index (χ2v) is 5.37. The first-order valence-electron chi connectivity index (χ1n) is 6.19. The highest BCUT2D eigenvalue weighted by Gasteiger charge is 2.21. The molecule has 1 rings (SSSR count). The summed E-state index contributed by atoms with van der Waals surface area (Å²) in [6, 6.07) is 1.29. The standard InChI is InChI=1S/C13H15BrF2N2O3/c1-3-18(6-7(2)12(19)20)13(21)17-11-9(15)4-8(14)5-10(11)16/h4-5,7H,3,6H2,1-2H3,(H,17,21)(H,19,20). The first-order chi connectivity index (χ1) is 9.76. The van der Waals surface area contributed by atoms with Crippen LogP contribution >= 0.6 is 15.9 Å². The highest BCUT2D eigenvalue weighted by atomic mass is 79.9. The number of rotatable bonds is 5. The van der Waals surface area contributed by atoms with Crippen molar-refractivity contribution >= 4 is 33.6 Å². The number of halogens is 3. The molecule has 0 aromatic heterocycles. The molecule has 2 N–H and O–H groups in total. The summed E-state index contributed by atoms with van der Waals surface area (Å²) in [6.07, 6.45) is 0. The van der Waals surface area contributed by atoms with E-state index in [9.17, 15) is 18.4 Å². The van der Waals surface area contributed by atoms with Crippen LogP contribution in [0.3, 0.4) is 0 Å². The van der Waals surface area contributed by atoms with E-state index in [4.69, 9.17) is 5.11 Å². The predicted molar refractivity (Wildman–Crippen MR) is 77.1 cm³/mol. The molecular formula is C13H15BrF2N2O3. The van der Waals surface area contributed by atoms with Gasteiger partial charge in [-0.15, -0.1) is 0 Å². The van der Waals surface area contributed by atoms with Crippen LogP contribution in [0.15, 0.2) is 16.6 Å². The number of amides is 2. The fourth-order valence-electron chi connectivity index (χ4n) is 1.61. The van der Waals surface area contributed by atoms with Gasteiger partial charge in [-0.25, -0.2) is 13.6 Å². The highest BCUT2D eigenvalue weighted by molar-refractivity contribution is 9.10. The van der Waals surface area contributed by atoms with Crippen molar-refractivity contribution < 1.29 is 23.5 Å². The zero-order valence-corrected chi connectivity index (χ0v) is 13.1. The number of anilines is 1. The van der Waals surface area contributed by atoms with Gasteiger partial charge in [0.1, 0.15) is 5.69 Å². The largest absolute Gasteiger partial charge is 0.481 e. The van der Waals surface area contributed by atoms with E-state index in [0.29, 0.717) is 0 Å². The third-order valence-corrected chi connectivity index (χ3v) is 3.28. The molecule has 0 saturated carbocycles. The quantitative estimate of drug-likeness (QED) is 0.841. The zero-order chi connectivity index (χ0) is 16.2. The van der Waals surface area contributed by atoms with E-state index in [-0.39, 0.29) is 17.6 Å². The van der Waals surface area contributed by atoms with Crippen LogP contribution < -0.4 is 5.32 Å². The molecule has 0 radical (unpaired) electrons. The molecule has 1 atom stereocenters. The Morgan fingerprint density at radius 2 is 1.90 bits per heavy atom.